The summed E-state index contributed by atoms with van der Waals surface area (Å²) in [7, 11) is 0. The second-order valence-corrected chi connectivity index (χ2v) is 6.36. The van der Waals surface area contributed by atoms with Gasteiger partial charge in [0.1, 0.15) is 0 Å². The van der Waals surface area contributed by atoms with Crippen molar-refractivity contribution in [1.82, 2.24) is 4.57 Å². The third kappa shape index (κ3) is 2.03. The normalized spacial score (nSPS) is 27.1. The van der Waals surface area contributed by atoms with Crippen molar-refractivity contribution in [2.24, 2.45) is 11.1 Å². The molecule has 1 saturated carbocycles. The molecule has 0 bridgehead atoms. The van der Waals surface area contributed by atoms with Gasteiger partial charge in [-0.25, -0.2) is 0 Å². The summed E-state index contributed by atoms with van der Waals surface area (Å²) < 4.78 is 2.50. The second-order valence-electron chi connectivity index (χ2n) is 6.36. The fourth-order valence-corrected chi connectivity index (χ4v) is 3.74. The molecule has 1 fully saturated rings. The van der Waals surface area contributed by atoms with Crippen LogP contribution in [0.3, 0.4) is 0 Å². The van der Waals surface area contributed by atoms with Gasteiger partial charge in [0.15, 0.2) is 0 Å². The van der Waals surface area contributed by atoms with Crippen molar-refractivity contribution in [3.63, 3.8) is 0 Å². The van der Waals surface area contributed by atoms with Crippen LogP contribution in [0.2, 0.25) is 0 Å². The second kappa shape index (κ2) is 4.16. The van der Waals surface area contributed by atoms with Crippen LogP contribution >= 0.6 is 0 Å². The number of aromatic nitrogens is 1. The Morgan fingerprint density at radius 1 is 1.35 bits per heavy atom. The van der Waals surface area contributed by atoms with Crippen molar-refractivity contribution in [2.45, 2.75) is 64.5 Å². The highest BCUT2D eigenvalue weighted by Gasteiger charge is 2.30. The first-order valence-corrected chi connectivity index (χ1v) is 7.11. The highest BCUT2D eigenvalue weighted by atomic mass is 15.0. The van der Waals surface area contributed by atoms with E-state index in [0.29, 0.717) is 5.41 Å². The zero-order valence-corrected chi connectivity index (χ0v) is 10.9. The maximum absolute atomic E-state index is 6.19. The van der Waals surface area contributed by atoms with Crippen LogP contribution in [-0.2, 0) is 13.0 Å². The number of rotatable bonds is 2. The lowest BCUT2D eigenvalue weighted by molar-refractivity contribution is 0.277. The Bertz CT molecular complexity index is 399. The van der Waals surface area contributed by atoms with Crippen molar-refractivity contribution in [3.8, 4) is 0 Å². The SMILES string of the molecule is CC1(Cn2ccc3c2CCCC3N)CCCC1. The number of hydrogen-bond acceptors (Lipinski definition) is 1. The zero-order valence-electron chi connectivity index (χ0n) is 10.9. The third-order valence-electron chi connectivity index (χ3n) is 4.80. The lowest BCUT2D eigenvalue weighted by Gasteiger charge is -2.27. The van der Waals surface area contributed by atoms with Gasteiger partial charge in [-0.05, 0) is 49.1 Å². The first kappa shape index (κ1) is 11.3. The van der Waals surface area contributed by atoms with E-state index >= 15 is 0 Å². The van der Waals surface area contributed by atoms with E-state index in [1.54, 1.807) is 0 Å². The molecule has 0 radical (unpaired) electrons. The fourth-order valence-electron chi connectivity index (χ4n) is 3.74. The van der Waals surface area contributed by atoms with E-state index < -0.39 is 0 Å². The largest absolute Gasteiger partial charge is 0.351 e. The summed E-state index contributed by atoms with van der Waals surface area (Å²) in [5, 5.41) is 0. The van der Waals surface area contributed by atoms with Crippen LogP contribution in [0.4, 0.5) is 0 Å². The summed E-state index contributed by atoms with van der Waals surface area (Å²) in [4.78, 5) is 0. The number of fused-ring (bicyclic) bond motifs is 1. The van der Waals surface area contributed by atoms with Gasteiger partial charge in [0.05, 0.1) is 0 Å². The maximum atomic E-state index is 6.19. The van der Waals surface area contributed by atoms with Gasteiger partial charge in [-0.3, -0.25) is 0 Å². The van der Waals surface area contributed by atoms with Crippen LogP contribution in [0, 0.1) is 5.41 Å². The van der Waals surface area contributed by atoms with Gasteiger partial charge in [0.25, 0.3) is 0 Å². The molecule has 0 saturated heterocycles. The van der Waals surface area contributed by atoms with Crippen LogP contribution in [-0.4, -0.2) is 4.57 Å². The van der Waals surface area contributed by atoms with Gasteiger partial charge in [-0.2, -0.15) is 0 Å². The molecule has 2 aliphatic carbocycles. The number of nitrogens with two attached hydrogens (primary N) is 1. The average molecular weight is 232 g/mol. The molecule has 1 unspecified atom stereocenters. The Kier molecular flexibility index (Phi) is 2.78. The highest BCUT2D eigenvalue weighted by Crippen LogP contribution is 2.40. The van der Waals surface area contributed by atoms with Crippen LogP contribution in [0.15, 0.2) is 12.3 Å². The van der Waals surface area contributed by atoms with Crippen LogP contribution in [0.25, 0.3) is 0 Å². The van der Waals surface area contributed by atoms with E-state index in [-0.39, 0.29) is 6.04 Å². The molecular formula is C15H24N2. The molecule has 2 N–H and O–H groups in total. The number of nitrogens with zero attached hydrogens (tertiary/aromatic N) is 1. The third-order valence-corrected chi connectivity index (χ3v) is 4.80. The van der Waals surface area contributed by atoms with Crippen molar-refractivity contribution in [3.05, 3.63) is 23.5 Å². The van der Waals surface area contributed by atoms with Crippen molar-refractivity contribution < 1.29 is 0 Å². The molecule has 2 nitrogen and oxygen atoms in total. The molecule has 0 aromatic carbocycles. The summed E-state index contributed by atoms with van der Waals surface area (Å²) >= 11 is 0. The van der Waals surface area contributed by atoms with E-state index in [2.05, 4.69) is 23.8 Å². The molecule has 0 amide bonds. The molecule has 0 aliphatic heterocycles. The topological polar surface area (TPSA) is 30.9 Å². The first-order chi connectivity index (χ1) is 8.18. The van der Waals surface area contributed by atoms with Crippen molar-refractivity contribution in [1.29, 1.82) is 0 Å². The van der Waals surface area contributed by atoms with Gasteiger partial charge in [-0.15, -0.1) is 0 Å². The lowest BCUT2D eigenvalue weighted by Crippen LogP contribution is -2.23. The van der Waals surface area contributed by atoms with Crippen LogP contribution in [0.5, 0.6) is 0 Å². The monoisotopic (exact) mass is 232 g/mol. The molecule has 2 aliphatic rings. The Labute approximate surface area is 104 Å². The average Bonchev–Trinajstić information content (AvgIpc) is 2.88. The summed E-state index contributed by atoms with van der Waals surface area (Å²) in [5.41, 5.74) is 9.66. The Hall–Kier alpha value is -0.760. The molecule has 1 aromatic rings. The van der Waals surface area contributed by atoms with E-state index in [4.69, 9.17) is 5.73 Å². The van der Waals surface area contributed by atoms with Gasteiger partial charge in [0, 0.05) is 24.5 Å². The molecule has 1 atom stereocenters. The highest BCUT2D eigenvalue weighted by molar-refractivity contribution is 5.28. The maximum Gasteiger partial charge on any atom is 0.0312 e. The minimum Gasteiger partial charge on any atom is -0.351 e. The van der Waals surface area contributed by atoms with E-state index in [1.807, 2.05) is 0 Å². The van der Waals surface area contributed by atoms with E-state index in [0.717, 1.165) is 6.42 Å². The standard InChI is InChI=1S/C15H24N2/c1-15(8-2-3-9-15)11-17-10-7-12-13(16)5-4-6-14(12)17/h7,10,13H,2-6,8-9,11,16H2,1H3. The Balaban J connectivity index is 1.84. The smallest absolute Gasteiger partial charge is 0.0312 e. The van der Waals surface area contributed by atoms with Gasteiger partial charge < -0.3 is 10.3 Å². The summed E-state index contributed by atoms with van der Waals surface area (Å²) in [6.07, 6.45) is 11.5. The molecule has 17 heavy (non-hydrogen) atoms. The van der Waals surface area contributed by atoms with Crippen molar-refractivity contribution in [2.75, 3.05) is 0 Å². The molecule has 2 heteroatoms. The lowest BCUT2D eigenvalue weighted by atomic mass is 9.88. The molecule has 3 rings (SSSR count). The summed E-state index contributed by atoms with van der Waals surface area (Å²) in [5.74, 6) is 0. The van der Waals surface area contributed by atoms with Gasteiger partial charge >= 0.3 is 0 Å². The molecule has 1 heterocycles. The van der Waals surface area contributed by atoms with Gasteiger partial charge in [0.2, 0.25) is 0 Å². The van der Waals surface area contributed by atoms with E-state index in [1.165, 1.54) is 56.3 Å². The molecule has 0 spiro atoms. The Morgan fingerprint density at radius 3 is 2.88 bits per heavy atom. The van der Waals surface area contributed by atoms with Crippen LogP contribution < -0.4 is 5.73 Å². The zero-order chi connectivity index (χ0) is 11.9. The molecule has 94 valence electrons. The van der Waals surface area contributed by atoms with Gasteiger partial charge in [-0.1, -0.05) is 19.8 Å². The predicted octanol–water partition coefficient (Wildman–Crippen LogP) is 3.40. The summed E-state index contributed by atoms with van der Waals surface area (Å²) in [6.45, 7) is 3.66. The minimum atomic E-state index is 0.288. The minimum absolute atomic E-state index is 0.288. The molecular weight excluding hydrogens is 208 g/mol. The Morgan fingerprint density at radius 2 is 2.12 bits per heavy atom. The predicted molar refractivity (Wildman–Crippen MR) is 70.9 cm³/mol. The number of hydrogen-bond donors (Lipinski definition) is 1. The molecule has 1 aromatic heterocycles. The fraction of sp³-hybridized carbons (Fsp3) is 0.733. The quantitative estimate of drug-likeness (QED) is 0.832. The van der Waals surface area contributed by atoms with E-state index in [9.17, 15) is 0 Å². The summed E-state index contributed by atoms with van der Waals surface area (Å²) in [6, 6.07) is 2.55. The first-order valence-electron chi connectivity index (χ1n) is 7.11. The van der Waals surface area contributed by atoms with Crippen molar-refractivity contribution >= 4 is 0 Å². The van der Waals surface area contributed by atoms with Crippen LogP contribution in [0.1, 0.15) is 62.7 Å².